The van der Waals surface area contributed by atoms with Crippen molar-refractivity contribution in [2.24, 2.45) is 75.6 Å². The van der Waals surface area contributed by atoms with Crippen LogP contribution in [-0.2, 0) is 99.1 Å². The van der Waals surface area contributed by atoms with Gasteiger partial charge in [-0.1, -0.05) is 120 Å². The number of aliphatic hydroxyl groups excluding tert-OH is 1. The number of nitrogens with one attached hydrogen (secondary N) is 18. The highest BCUT2D eigenvalue weighted by molar-refractivity contribution is 7.98. The number of amides is 18. The Kier molecular flexibility index (Phi) is 64.5. The Morgan fingerprint density at radius 2 is 0.625 bits per heavy atom. The molecule has 0 aliphatic rings. The van der Waals surface area contributed by atoms with Crippen LogP contribution in [0.5, 0.6) is 0 Å². The van der Waals surface area contributed by atoms with E-state index in [9.17, 15) is 91.4 Å². The quantitative estimate of drug-likeness (QED) is 0.0305. The van der Waals surface area contributed by atoms with E-state index in [1.807, 2.05) is 0 Å². The predicted molar refractivity (Wildman–Crippen MR) is 554 cm³/mol. The van der Waals surface area contributed by atoms with Gasteiger partial charge < -0.3 is 141 Å². The fraction of sp³-hybridized carbons (Fsp3) is 0.722. The van der Waals surface area contributed by atoms with Gasteiger partial charge in [-0.25, -0.2) is 4.98 Å². The summed E-state index contributed by atoms with van der Waals surface area (Å²) in [6, 6.07) is -13.8. The van der Waals surface area contributed by atoms with Crippen molar-refractivity contribution in [2.75, 3.05) is 69.9 Å². The zero-order chi connectivity index (χ0) is 108. The third kappa shape index (κ3) is 49.9. The number of H-pyrrole nitrogens is 1. The van der Waals surface area contributed by atoms with E-state index in [0.717, 1.165) is 0 Å². The van der Waals surface area contributed by atoms with E-state index in [0.29, 0.717) is 99.9 Å². The lowest BCUT2D eigenvalue weighted by atomic mass is 9.96. The summed E-state index contributed by atoms with van der Waals surface area (Å²) in [5, 5.41) is 56.8. The Morgan fingerprint density at radius 1 is 0.333 bits per heavy atom. The van der Waals surface area contributed by atoms with Gasteiger partial charge in [-0.2, -0.15) is 23.5 Å². The highest BCUT2D eigenvalue weighted by Gasteiger charge is 2.41. The van der Waals surface area contributed by atoms with Gasteiger partial charge in [0.1, 0.15) is 103 Å². The molecule has 0 unspecified atom stereocenters. The number of thioether (sulfide) groups is 2. The van der Waals surface area contributed by atoms with Gasteiger partial charge in [-0.15, -0.1) is 0 Å². The first kappa shape index (κ1) is 129. The van der Waals surface area contributed by atoms with Crippen molar-refractivity contribution in [1.29, 1.82) is 0 Å². The third-order valence-electron chi connectivity index (χ3n) is 24.0. The van der Waals surface area contributed by atoms with Crippen LogP contribution in [0.25, 0.3) is 0 Å². The second-order valence-electron chi connectivity index (χ2n) is 38.6. The van der Waals surface area contributed by atoms with E-state index in [1.54, 1.807) is 126 Å². The number of aromatic amines is 1. The van der Waals surface area contributed by atoms with E-state index < -0.39 is 240 Å². The summed E-state index contributed by atoms with van der Waals surface area (Å²) in [4.78, 5) is 264. The number of hydrogen-bond acceptors (Lipinski definition) is 28. The molecule has 1 aromatic carbocycles. The molecule has 0 saturated heterocycles. The minimum atomic E-state index is -1.67. The van der Waals surface area contributed by atoms with Crippen LogP contribution in [0, 0.1) is 35.5 Å². The van der Waals surface area contributed by atoms with Gasteiger partial charge in [0.25, 0.3) is 0 Å². The molecule has 2 aromatic rings. The number of nitrogens with two attached hydrogens (primary N) is 7. The number of carbonyl (C=O) groups excluding carboxylic acids is 18. The largest absolute Gasteiger partial charge is 0.394 e. The molecule has 33 N–H and O–H groups in total. The summed E-state index contributed by atoms with van der Waals surface area (Å²) < 4.78 is 0. The average molecular weight is 2070 g/mol. The molecule has 0 aliphatic carbocycles. The Hall–Kier alpha value is -10.7. The maximum atomic E-state index is 14.9. The molecule has 144 heavy (non-hydrogen) atoms. The maximum Gasteiger partial charge on any atom is 0.245 e. The van der Waals surface area contributed by atoms with Gasteiger partial charge in [0, 0.05) is 24.7 Å². The summed E-state index contributed by atoms with van der Waals surface area (Å²) >= 11 is 2.76. The number of unbranched alkanes of at least 4 members (excludes halogenated alkanes) is 5. The minimum Gasteiger partial charge on any atom is -0.394 e. The van der Waals surface area contributed by atoms with Gasteiger partial charge in [0.15, 0.2) is 0 Å². The lowest BCUT2D eigenvalue weighted by molar-refractivity contribution is -0.137. The molecular weight excluding hydrogens is 1900 g/mol. The summed E-state index contributed by atoms with van der Waals surface area (Å²) in [6.45, 7) is 21.9. The molecule has 1 heterocycles. The van der Waals surface area contributed by atoms with Crippen LogP contribution in [-0.4, -0.2) is 294 Å². The number of nitrogens with zero attached hydrogens (tertiary/aromatic N) is 1. The van der Waals surface area contributed by atoms with Crippen LogP contribution < -0.4 is 131 Å². The van der Waals surface area contributed by atoms with Crippen LogP contribution >= 0.6 is 23.5 Å². The summed E-state index contributed by atoms with van der Waals surface area (Å²) in [5.41, 5.74) is 41.7. The molecule has 47 heteroatoms. The SMILES string of the molecule is CC[C@H](C)[C@H](NC(=O)[C@H](CO)NC(=O)[C@H](CC(C)C)NC(=O)[C@H](Cc1ccccc1)NC(=O)CN)C(=O)N[C@@H](CC(C)C)C(=O)N[C@@H](CCCCN)C(=O)N[C@@H](CCCCN)C(=O)N[C@H](C(=O)N[C@@H](CC(C)C)C(=O)N[C@@H](CCCCN)C(=O)N[C@@H](CCCCN)C(=O)N[C@H](C(=O)N[C@@H](CCSC)C(=O)N[C@@H](C)C(=O)N[C@@H](Cc1cnc[nH]1)C(=O)N[C@@H](CCSC)C(=O)N[C@@H](CCCCN)C(N)=O)C(C)C)C(C)C. The first-order chi connectivity index (χ1) is 68.3. The number of benzene rings is 1. The maximum absolute atomic E-state index is 14.9. The van der Waals surface area contributed by atoms with E-state index in [1.165, 1.54) is 43.0 Å². The van der Waals surface area contributed by atoms with Crippen LogP contribution in [0.4, 0.5) is 0 Å². The van der Waals surface area contributed by atoms with Crippen LogP contribution in [0.3, 0.4) is 0 Å². The van der Waals surface area contributed by atoms with Crippen molar-refractivity contribution in [3.8, 4) is 0 Å². The molecule has 1 aromatic heterocycles. The molecule has 2 rings (SSSR count). The molecule has 0 fully saturated rings. The van der Waals surface area contributed by atoms with Crippen molar-refractivity contribution in [3.05, 3.63) is 54.1 Å². The highest BCUT2D eigenvalue weighted by Crippen LogP contribution is 2.20. The van der Waals surface area contributed by atoms with Crippen LogP contribution in [0.1, 0.15) is 236 Å². The Labute approximate surface area is 857 Å². The molecule has 0 aliphatic heterocycles. The van der Waals surface area contributed by atoms with Crippen molar-refractivity contribution < 1.29 is 91.4 Å². The van der Waals surface area contributed by atoms with Crippen LogP contribution in [0.2, 0.25) is 0 Å². The molecule has 0 bridgehead atoms. The molecule has 0 spiro atoms. The Bertz CT molecular complexity index is 4280. The van der Waals surface area contributed by atoms with Gasteiger partial charge in [0.05, 0.1) is 19.5 Å². The number of primary amides is 1. The zero-order valence-electron chi connectivity index (χ0n) is 87.0. The highest BCUT2D eigenvalue weighted by atomic mass is 32.2. The van der Waals surface area contributed by atoms with Crippen molar-refractivity contribution >= 4 is 130 Å². The van der Waals surface area contributed by atoms with Gasteiger partial charge in [-0.3, -0.25) is 86.3 Å². The second kappa shape index (κ2) is 71.8. The number of carbonyl (C=O) groups is 18. The van der Waals surface area contributed by atoms with Crippen LogP contribution in [0.15, 0.2) is 42.9 Å². The number of rotatable bonds is 76. The Balaban J connectivity index is 2.51. The minimum absolute atomic E-state index is 0.00241. The molecule has 18 amide bonds. The monoisotopic (exact) mass is 2070 g/mol. The Morgan fingerprint density at radius 3 is 0.958 bits per heavy atom. The molecular formula is C97H172N26O19S2. The zero-order valence-corrected chi connectivity index (χ0v) is 88.7. The first-order valence-electron chi connectivity index (χ1n) is 50.6. The van der Waals surface area contributed by atoms with E-state index in [2.05, 4.69) is 100 Å². The third-order valence-corrected chi connectivity index (χ3v) is 25.3. The fourth-order valence-electron chi connectivity index (χ4n) is 15.4. The lowest BCUT2D eigenvalue weighted by Gasteiger charge is -2.30. The van der Waals surface area contributed by atoms with E-state index in [-0.39, 0.29) is 121 Å². The first-order valence-corrected chi connectivity index (χ1v) is 53.4. The van der Waals surface area contributed by atoms with Gasteiger partial charge in [0.2, 0.25) is 106 Å². The fourth-order valence-corrected chi connectivity index (χ4v) is 16.4. The van der Waals surface area contributed by atoms with E-state index >= 15 is 0 Å². The summed E-state index contributed by atoms with van der Waals surface area (Å²) in [5.74, 6) is -16.4. The molecule has 45 nitrogen and oxygen atoms in total. The van der Waals surface area contributed by atoms with E-state index in [4.69, 9.17) is 40.1 Å². The van der Waals surface area contributed by atoms with Crippen molar-refractivity contribution in [1.82, 2.24) is 100 Å². The lowest BCUT2D eigenvalue weighted by Crippen LogP contribution is -2.62. The average Bonchev–Trinajstić information content (AvgIpc) is 0.924. The topological polar surface area (TPSA) is 743 Å². The van der Waals surface area contributed by atoms with Crippen molar-refractivity contribution in [3.63, 3.8) is 0 Å². The number of imidazole rings is 1. The molecule has 0 radical (unpaired) electrons. The van der Waals surface area contributed by atoms with Crippen molar-refractivity contribution in [2.45, 2.75) is 340 Å². The number of aliphatic hydroxyl groups is 1. The summed E-state index contributed by atoms with van der Waals surface area (Å²) in [7, 11) is 0. The molecule has 0 saturated carbocycles. The molecule has 18 atom stereocenters. The predicted octanol–water partition coefficient (Wildman–Crippen LogP) is -2.46. The smallest absolute Gasteiger partial charge is 0.245 e. The van der Waals surface area contributed by atoms with Gasteiger partial charge >= 0.3 is 0 Å². The number of hydrogen-bond donors (Lipinski definition) is 26. The normalized spacial score (nSPS) is 15.2. The van der Waals surface area contributed by atoms with Gasteiger partial charge in [-0.05, 0) is 233 Å². The summed E-state index contributed by atoms with van der Waals surface area (Å²) in [6.07, 6.45) is 10.8. The second-order valence-corrected chi connectivity index (χ2v) is 40.5. The molecule has 816 valence electrons. The standard InChI is InChI=1S/C97H172N26O19S2/c1-16-60(12)80(123-94(139)76(53-124)120-91(136)71(46-55(2)3)117-92(137)74(108-77(125)51-103)49-62-30-18-17-19-31-62)97(142)119-73(48-57(6)7)90(135)113-66(34-22-27-41-100)85(130)111-68(36-24-29-43-102)88(133)122-79(59(10)11)96(141)118-72(47-56(4)5)89(134)112-65(33-21-26-40-99)84(129)110-67(35-23-28-42-101)87(132)121-78(58(8)9)95(140)115-69(37-44-143-14)83(128)107-61(13)82(127)116-75(50-63-52-105-54-106-63)93(138)114-70(38-45-144-15)86(131)109-64(81(104)126)32-20-25-39-98/h17-19,30-31,52,54-61,64-76,78-80,124H,16,20-29,32-51,53,98-103H2,1-15H3,(H2,104,126)(H,105,106)(H,107,128)(H,108,125)(H,109,131)(H,110,129)(H,111,130)(H,112,134)(H,113,135)(H,114,138)(H,115,140)(H,116,127)(H,117,137)(H,118,141)(H,119,142)(H,120,136)(H,121,132)(H,122,133)(H,123,139)/t60-,61-,64-,65-,66-,67-,68-,69-,70-,71-,72-,73-,74-,75-,76-,78-,79-,80-/m0/s1. The number of aromatic nitrogens is 2.